The first-order valence-electron chi connectivity index (χ1n) is 5.52. The second kappa shape index (κ2) is 6.07. The third-order valence-corrected chi connectivity index (χ3v) is 3.37. The van der Waals surface area contributed by atoms with Crippen LogP contribution in [0.2, 0.25) is 0 Å². The molecule has 0 aliphatic heterocycles. The lowest BCUT2D eigenvalue weighted by molar-refractivity contribution is -0.139. The fourth-order valence-electron chi connectivity index (χ4n) is 1.48. The Morgan fingerprint density at radius 1 is 1.65 bits per heavy atom. The molecule has 0 fully saturated rings. The topological polar surface area (TPSA) is 67.2 Å². The molecule has 0 radical (unpaired) electrons. The Hall–Kier alpha value is -1.01. The van der Waals surface area contributed by atoms with Gasteiger partial charge in [-0.15, -0.1) is 11.8 Å². The van der Waals surface area contributed by atoms with Crippen molar-refractivity contribution in [1.29, 1.82) is 0 Å². The van der Waals surface area contributed by atoms with Crippen LogP contribution in [0.25, 0.3) is 0 Å². The first-order chi connectivity index (χ1) is 7.90. The number of aromatic nitrogens is 2. The predicted octanol–water partition coefficient (Wildman–Crippen LogP) is 1.27. The number of rotatable bonds is 6. The number of aryl methyl sites for hydroxylation is 2. The fourth-order valence-corrected chi connectivity index (χ4v) is 2.54. The van der Waals surface area contributed by atoms with Gasteiger partial charge in [-0.2, -0.15) is 5.10 Å². The zero-order valence-electron chi connectivity index (χ0n) is 10.6. The average molecular weight is 257 g/mol. The summed E-state index contributed by atoms with van der Waals surface area (Å²) >= 11 is 1.50. The van der Waals surface area contributed by atoms with Crippen LogP contribution in [-0.4, -0.2) is 38.7 Å². The number of carboxylic acids is 1. The molecule has 5 nitrogen and oxygen atoms in total. The summed E-state index contributed by atoms with van der Waals surface area (Å²) in [6, 6.07) is 1.58. The molecule has 1 aromatic heterocycles. The SMILES string of the molecule is Cc1cc(SCC(NC(C)C)C(=O)O)n(C)n1. The lowest BCUT2D eigenvalue weighted by Crippen LogP contribution is -2.42. The molecule has 0 spiro atoms. The molecule has 0 aromatic carbocycles. The maximum absolute atomic E-state index is 11.0. The van der Waals surface area contributed by atoms with Gasteiger partial charge in [-0.3, -0.25) is 9.48 Å². The van der Waals surface area contributed by atoms with Crippen molar-refractivity contribution in [1.82, 2.24) is 15.1 Å². The van der Waals surface area contributed by atoms with Crippen LogP contribution in [-0.2, 0) is 11.8 Å². The zero-order valence-corrected chi connectivity index (χ0v) is 11.4. The van der Waals surface area contributed by atoms with E-state index in [1.165, 1.54) is 11.8 Å². The molecule has 0 bridgehead atoms. The number of carbonyl (C=O) groups is 1. The van der Waals surface area contributed by atoms with Crippen LogP contribution in [0.15, 0.2) is 11.1 Å². The minimum atomic E-state index is -0.815. The first-order valence-corrected chi connectivity index (χ1v) is 6.51. The highest BCUT2D eigenvalue weighted by Crippen LogP contribution is 2.19. The molecule has 6 heteroatoms. The summed E-state index contributed by atoms with van der Waals surface area (Å²) in [5.41, 5.74) is 0.943. The maximum Gasteiger partial charge on any atom is 0.321 e. The van der Waals surface area contributed by atoms with Gasteiger partial charge in [0.1, 0.15) is 6.04 Å². The van der Waals surface area contributed by atoms with E-state index in [-0.39, 0.29) is 6.04 Å². The van der Waals surface area contributed by atoms with Crippen LogP contribution in [0, 0.1) is 6.92 Å². The highest BCUT2D eigenvalue weighted by molar-refractivity contribution is 7.99. The molecule has 0 amide bonds. The van der Waals surface area contributed by atoms with Gasteiger partial charge in [0.05, 0.1) is 10.7 Å². The normalized spacial score (nSPS) is 13.0. The summed E-state index contributed by atoms with van der Waals surface area (Å²) in [5, 5.41) is 17.3. The van der Waals surface area contributed by atoms with Crippen molar-refractivity contribution in [3.8, 4) is 0 Å². The van der Waals surface area contributed by atoms with Crippen molar-refractivity contribution in [3.63, 3.8) is 0 Å². The van der Waals surface area contributed by atoms with Gasteiger partial charge in [0.15, 0.2) is 0 Å². The van der Waals surface area contributed by atoms with Gasteiger partial charge in [-0.05, 0) is 13.0 Å². The zero-order chi connectivity index (χ0) is 13.0. The van der Waals surface area contributed by atoms with Crippen molar-refractivity contribution in [2.24, 2.45) is 7.05 Å². The summed E-state index contributed by atoms with van der Waals surface area (Å²) in [6.07, 6.45) is 0. The summed E-state index contributed by atoms with van der Waals surface area (Å²) < 4.78 is 1.77. The van der Waals surface area contributed by atoms with Crippen molar-refractivity contribution in [3.05, 3.63) is 11.8 Å². The quantitative estimate of drug-likeness (QED) is 0.751. The minimum Gasteiger partial charge on any atom is -0.480 e. The molecule has 1 atom stereocenters. The number of nitrogens with one attached hydrogen (secondary N) is 1. The Morgan fingerprint density at radius 2 is 2.29 bits per heavy atom. The number of hydrogen-bond acceptors (Lipinski definition) is 4. The Balaban J connectivity index is 2.57. The van der Waals surface area contributed by atoms with Crippen LogP contribution >= 0.6 is 11.8 Å². The molecule has 0 aliphatic carbocycles. The lowest BCUT2D eigenvalue weighted by Gasteiger charge is -2.16. The second-order valence-electron chi connectivity index (χ2n) is 4.27. The van der Waals surface area contributed by atoms with E-state index < -0.39 is 12.0 Å². The van der Waals surface area contributed by atoms with E-state index in [1.54, 1.807) is 4.68 Å². The Kier molecular flexibility index (Phi) is 5.02. The van der Waals surface area contributed by atoms with Crippen LogP contribution in [0.5, 0.6) is 0 Å². The van der Waals surface area contributed by atoms with E-state index in [2.05, 4.69) is 10.4 Å². The van der Waals surface area contributed by atoms with Crippen molar-refractivity contribution in [2.75, 3.05) is 5.75 Å². The number of hydrogen-bond donors (Lipinski definition) is 2. The van der Waals surface area contributed by atoms with Crippen LogP contribution in [0.1, 0.15) is 19.5 Å². The van der Waals surface area contributed by atoms with E-state index in [9.17, 15) is 4.79 Å². The third kappa shape index (κ3) is 4.40. The standard InChI is InChI=1S/C11H19N3O2S/c1-7(2)12-9(11(15)16)6-17-10-5-8(3)13-14(10)4/h5,7,9,12H,6H2,1-4H3,(H,15,16). The fraction of sp³-hybridized carbons (Fsp3) is 0.636. The van der Waals surface area contributed by atoms with Crippen LogP contribution < -0.4 is 5.32 Å². The minimum absolute atomic E-state index is 0.157. The molecule has 1 rings (SSSR count). The number of carboxylic acid groups (broad SMARTS) is 1. The highest BCUT2D eigenvalue weighted by atomic mass is 32.2. The Labute approximate surface area is 106 Å². The summed E-state index contributed by atoms with van der Waals surface area (Å²) in [7, 11) is 1.86. The Morgan fingerprint density at radius 3 is 2.71 bits per heavy atom. The van der Waals surface area contributed by atoms with Crippen molar-refractivity contribution in [2.45, 2.75) is 37.9 Å². The third-order valence-electron chi connectivity index (χ3n) is 2.19. The van der Waals surface area contributed by atoms with Gasteiger partial charge < -0.3 is 10.4 Å². The van der Waals surface area contributed by atoms with E-state index >= 15 is 0 Å². The highest BCUT2D eigenvalue weighted by Gasteiger charge is 2.19. The van der Waals surface area contributed by atoms with Gasteiger partial charge in [0, 0.05) is 18.8 Å². The van der Waals surface area contributed by atoms with Gasteiger partial charge in [-0.25, -0.2) is 0 Å². The summed E-state index contributed by atoms with van der Waals surface area (Å²) in [4.78, 5) is 11.0. The van der Waals surface area contributed by atoms with Crippen molar-refractivity contribution >= 4 is 17.7 Å². The molecule has 0 saturated carbocycles. The molecule has 1 heterocycles. The monoisotopic (exact) mass is 257 g/mol. The molecule has 0 aliphatic rings. The summed E-state index contributed by atoms with van der Waals surface area (Å²) in [6.45, 7) is 5.80. The molecular formula is C11H19N3O2S. The van der Waals surface area contributed by atoms with Gasteiger partial charge in [0.25, 0.3) is 0 Å². The van der Waals surface area contributed by atoms with Crippen molar-refractivity contribution < 1.29 is 9.90 Å². The summed E-state index contributed by atoms with van der Waals surface area (Å²) in [5.74, 6) is -0.322. The van der Waals surface area contributed by atoms with Crippen LogP contribution in [0.4, 0.5) is 0 Å². The number of nitrogens with zero attached hydrogens (tertiary/aromatic N) is 2. The second-order valence-corrected chi connectivity index (χ2v) is 5.31. The number of aliphatic carboxylic acids is 1. The maximum atomic E-state index is 11.0. The smallest absolute Gasteiger partial charge is 0.321 e. The van der Waals surface area contributed by atoms with E-state index in [0.717, 1.165) is 10.7 Å². The van der Waals surface area contributed by atoms with Gasteiger partial charge in [-0.1, -0.05) is 13.8 Å². The number of thioether (sulfide) groups is 1. The lowest BCUT2D eigenvalue weighted by atomic mass is 10.3. The molecule has 0 saturated heterocycles. The molecule has 1 unspecified atom stereocenters. The van der Waals surface area contributed by atoms with Crippen LogP contribution in [0.3, 0.4) is 0 Å². The van der Waals surface area contributed by atoms with Gasteiger partial charge >= 0.3 is 5.97 Å². The molecule has 17 heavy (non-hydrogen) atoms. The Bertz CT molecular complexity index is 390. The average Bonchev–Trinajstić information content (AvgIpc) is 2.51. The molecule has 1 aromatic rings. The molecule has 2 N–H and O–H groups in total. The predicted molar refractivity (Wildman–Crippen MR) is 68.4 cm³/mol. The first kappa shape index (κ1) is 14.1. The van der Waals surface area contributed by atoms with E-state index in [4.69, 9.17) is 5.11 Å². The molecule has 96 valence electrons. The van der Waals surface area contributed by atoms with Gasteiger partial charge in [0.2, 0.25) is 0 Å². The van der Waals surface area contributed by atoms with E-state index in [0.29, 0.717) is 5.75 Å². The largest absolute Gasteiger partial charge is 0.480 e. The van der Waals surface area contributed by atoms with E-state index in [1.807, 2.05) is 33.9 Å². The molecular weight excluding hydrogens is 238 g/mol.